The van der Waals surface area contributed by atoms with Gasteiger partial charge in [0, 0.05) is 16.3 Å². The van der Waals surface area contributed by atoms with Crippen LogP contribution in [0.2, 0.25) is 0 Å². The van der Waals surface area contributed by atoms with Crippen molar-refractivity contribution >= 4 is 50.7 Å². The van der Waals surface area contributed by atoms with E-state index < -0.39 is 5.97 Å². The molecule has 1 aliphatic heterocycles. The third kappa shape index (κ3) is 3.85. The maximum Gasteiger partial charge on any atom is 0.335 e. The van der Waals surface area contributed by atoms with E-state index in [4.69, 9.17) is 4.98 Å². The number of carbonyl (C=O) groups is 2. The second kappa shape index (κ2) is 9.02. The third-order valence-electron chi connectivity index (χ3n) is 8.19. The lowest BCUT2D eigenvalue weighted by atomic mass is 9.81. The van der Waals surface area contributed by atoms with Gasteiger partial charge in [-0.3, -0.25) is 4.79 Å². The number of fused-ring (bicyclic) bond motifs is 7. The Morgan fingerprint density at radius 3 is 2.56 bits per heavy atom. The van der Waals surface area contributed by atoms with Crippen LogP contribution >= 0.6 is 11.3 Å². The fraction of sp³-hybridized carbons (Fsp3) is 0.290. The van der Waals surface area contributed by atoms with Crippen molar-refractivity contribution in [2.24, 2.45) is 0 Å². The van der Waals surface area contributed by atoms with Crippen LogP contribution < -0.4 is 5.32 Å². The SMILES string of the molecule is Cc1nc(C)c(-c2ccc3c4c(ccc3n2)-c2c(C3CCCCC3)c3ccc(C(=O)O)cc3n2CC(=O)N4)s1. The second-order valence-corrected chi connectivity index (χ2v) is 11.9. The lowest BCUT2D eigenvalue weighted by molar-refractivity contribution is -0.116. The van der Waals surface area contributed by atoms with E-state index in [1.807, 2.05) is 42.7 Å². The molecule has 1 aliphatic carbocycles. The van der Waals surface area contributed by atoms with Gasteiger partial charge in [0.15, 0.2) is 0 Å². The minimum Gasteiger partial charge on any atom is -0.478 e. The lowest BCUT2D eigenvalue weighted by Gasteiger charge is -2.24. The Bertz CT molecular complexity index is 1830. The van der Waals surface area contributed by atoms with Gasteiger partial charge in [-0.25, -0.2) is 14.8 Å². The van der Waals surface area contributed by atoms with Crippen molar-refractivity contribution in [2.45, 2.75) is 58.4 Å². The van der Waals surface area contributed by atoms with Gasteiger partial charge in [0.1, 0.15) is 6.54 Å². The van der Waals surface area contributed by atoms with E-state index in [1.165, 1.54) is 24.8 Å². The number of benzene rings is 2. The molecule has 0 atom stereocenters. The Morgan fingerprint density at radius 1 is 1.03 bits per heavy atom. The van der Waals surface area contributed by atoms with Gasteiger partial charge in [0.2, 0.25) is 5.91 Å². The van der Waals surface area contributed by atoms with Crippen LogP contribution in [0.3, 0.4) is 0 Å². The Labute approximate surface area is 229 Å². The van der Waals surface area contributed by atoms with Crippen LogP contribution in [0.25, 0.3) is 43.6 Å². The number of rotatable bonds is 3. The van der Waals surface area contributed by atoms with Crippen molar-refractivity contribution in [3.63, 3.8) is 0 Å². The number of hydrogen-bond acceptors (Lipinski definition) is 5. The highest BCUT2D eigenvalue weighted by atomic mass is 32.1. The summed E-state index contributed by atoms with van der Waals surface area (Å²) in [7, 11) is 0. The minimum atomic E-state index is -0.968. The van der Waals surface area contributed by atoms with E-state index in [0.717, 1.165) is 72.9 Å². The number of hydrogen-bond donors (Lipinski definition) is 2. The summed E-state index contributed by atoms with van der Waals surface area (Å²) >= 11 is 1.63. The van der Waals surface area contributed by atoms with Crippen molar-refractivity contribution in [3.05, 3.63) is 64.3 Å². The molecule has 0 saturated heterocycles. The van der Waals surface area contributed by atoms with Gasteiger partial charge in [-0.15, -0.1) is 11.3 Å². The normalized spacial score (nSPS) is 15.7. The highest BCUT2D eigenvalue weighted by Gasteiger charge is 2.31. The standard InChI is InChI=1S/C31H28N4O3S/c1-16-30(39-17(2)32-16)24-13-10-20-23(33-24)12-11-22-28(20)34-26(36)15-35-25-14-19(31(37)38)8-9-21(25)27(29(22)35)18-6-4-3-5-7-18/h8-14,18H,3-7,15H2,1-2H3,(H,34,36)(H,37,38). The van der Waals surface area contributed by atoms with Crippen molar-refractivity contribution in [3.8, 4) is 21.8 Å². The Kier molecular flexibility index (Phi) is 5.56. The Balaban J connectivity index is 1.50. The first-order chi connectivity index (χ1) is 18.9. The van der Waals surface area contributed by atoms with Gasteiger partial charge in [-0.05, 0) is 74.6 Å². The number of thiazole rings is 1. The maximum absolute atomic E-state index is 13.4. The Hall–Kier alpha value is -4.04. The number of carboxylic acids is 1. The third-order valence-corrected chi connectivity index (χ3v) is 9.29. The molecule has 0 unspecified atom stereocenters. The first kappa shape index (κ1) is 24.0. The zero-order valence-corrected chi connectivity index (χ0v) is 22.7. The molecule has 2 aromatic carbocycles. The molecule has 196 valence electrons. The second-order valence-electron chi connectivity index (χ2n) is 10.7. The molecule has 4 heterocycles. The van der Waals surface area contributed by atoms with Crippen LogP contribution in [0.5, 0.6) is 0 Å². The summed E-state index contributed by atoms with van der Waals surface area (Å²) in [6.07, 6.45) is 5.77. The van der Waals surface area contributed by atoms with Gasteiger partial charge < -0.3 is 15.0 Å². The van der Waals surface area contributed by atoms with Crippen molar-refractivity contribution < 1.29 is 14.7 Å². The average molecular weight is 537 g/mol. The fourth-order valence-corrected chi connectivity index (χ4v) is 7.41. The van der Waals surface area contributed by atoms with E-state index in [9.17, 15) is 14.7 Å². The van der Waals surface area contributed by atoms with Gasteiger partial charge >= 0.3 is 5.97 Å². The van der Waals surface area contributed by atoms with E-state index >= 15 is 0 Å². The largest absolute Gasteiger partial charge is 0.478 e. The molecule has 0 bridgehead atoms. The number of amides is 1. The van der Waals surface area contributed by atoms with Gasteiger partial charge in [0.25, 0.3) is 0 Å². The quantitative estimate of drug-likeness (QED) is 0.252. The molecule has 1 fully saturated rings. The molecule has 5 aromatic rings. The van der Waals surface area contributed by atoms with Crippen molar-refractivity contribution in [1.29, 1.82) is 0 Å². The monoisotopic (exact) mass is 536 g/mol. The van der Waals surface area contributed by atoms with E-state index in [0.29, 0.717) is 5.92 Å². The molecule has 0 radical (unpaired) electrons. The molecular weight excluding hydrogens is 508 g/mol. The summed E-state index contributed by atoms with van der Waals surface area (Å²) in [4.78, 5) is 35.8. The Morgan fingerprint density at radius 2 is 1.82 bits per heavy atom. The molecule has 2 N–H and O–H groups in total. The summed E-state index contributed by atoms with van der Waals surface area (Å²) < 4.78 is 2.03. The number of aromatic nitrogens is 3. The predicted octanol–water partition coefficient (Wildman–Crippen LogP) is 7.29. The summed E-state index contributed by atoms with van der Waals surface area (Å²) in [6.45, 7) is 4.13. The molecule has 1 saturated carbocycles. The highest BCUT2D eigenvalue weighted by Crippen LogP contribution is 2.48. The summed E-state index contributed by atoms with van der Waals surface area (Å²) in [6, 6.07) is 13.5. The van der Waals surface area contributed by atoms with Gasteiger partial charge in [-0.2, -0.15) is 0 Å². The van der Waals surface area contributed by atoms with Crippen molar-refractivity contribution in [1.82, 2.24) is 14.5 Å². The van der Waals surface area contributed by atoms with E-state index in [-0.39, 0.29) is 18.0 Å². The smallest absolute Gasteiger partial charge is 0.335 e. The number of aryl methyl sites for hydroxylation is 2. The maximum atomic E-state index is 13.4. The molecular formula is C31H28N4O3S. The molecule has 2 aliphatic rings. The number of nitrogens with zero attached hydrogens (tertiary/aromatic N) is 3. The first-order valence-electron chi connectivity index (χ1n) is 13.5. The number of pyridine rings is 1. The summed E-state index contributed by atoms with van der Waals surface area (Å²) in [5, 5.41) is 15.8. The molecule has 1 amide bonds. The van der Waals surface area contributed by atoms with Crippen LogP contribution in [0, 0.1) is 13.8 Å². The number of carboxylic acid groups (broad SMARTS) is 1. The molecule has 3 aromatic heterocycles. The van der Waals surface area contributed by atoms with Gasteiger partial charge in [-0.1, -0.05) is 25.3 Å². The average Bonchev–Trinajstić information content (AvgIpc) is 3.38. The van der Waals surface area contributed by atoms with Crippen LogP contribution in [0.15, 0.2) is 42.5 Å². The van der Waals surface area contributed by atoms with Crippen LogP contribution in [0.1, 0.15) is 64.6 Å². The molecule has 8 heteroatoms. The lowest BCUT2D eigenvalue weighted by Crippen LogP contribution is -2.16. The number of carbonyl (C=O) groups excluding carboxylic acids is 1. The predicted molar refractivity (Wildman–Crippen MR) is 155 cm³/mol. The number of anilines is 1. The highest BCUT2D eigenvalue weighted by molar-refractivity contribution is 7.15. The number of aromatic carboxylic acids is 1. The molecule has 7 nitrogen and oxygen atoms in total. The zero-order chi connectivity index (χ0) is 26.8. The molecule has 39 heavy (non-hydrogen) atoms. The first-order valence-corrected chi connectivity index (χ1v) is 14.3. The van der Waals surface area contributed by atoms with Crippen LogP contribution in [-0.2, 0) is 11.3 Å². The molecule has 0 spiro atoms. The number of nitrogens with one attached hydrogen (secondary N) is 1. The van der Waals surface area contributed by atoms with E-state index in [2.05, 4.69) is 16.4 Å². The van der Waals surface area contributed by atoms with E-state index in [1.54, 1.807) is 23.5 Å². The minimum absolute atomic E-state index is 0.128. The zero-order valence-electron chi connectivity index (χ0n) is 21.9. The van der Waals surface area contributed by atoms with Crippen molar-refractivity contribution in [2.75, 3.05) is 5.32 Å². The van der Waals surface area contributed by atoms with Crippen LogP contribution in [-0.4, -0.2) is 31.5 Å². The topological polar surface area (TPSA) is 97.1 Å². The van der Waals surface area contributed by atoms with Gasteiger partial charge in [0.05, 0.1) is 49.3 Å². The summed E-state index contributed by atoms with van der Waals surface area (Å²) in [5.41, 5.74) is 7.68. The van der Waals surface area contributed by atoms with Crippen LogP contribution in [0.4, 0.5) is 5.69 Å². The summed E-state index contributed by atoms with van der Waals surface area (Å²) in [5.74, 6) is -0.735. The molecule has 7 rings (SSSR count). The fourth-order valence-electron chi connectivity index (χ4n) is 6.52.